The molecular formula is C18H24N4O3. The van der Waals surface area contributed by atoms with E-state index in [1.807, 2.05) is 0 Å². The van der Waals surface area contributed by atoms with Crippen LogP contribution in [0.1, 0.15) is 48.9 Å². The number of pyridine rings is 1. The predicted octanol–water partition coefficient (Wildman–Crippen LogP) is 1.85. The van der Waals surface area contributed by atoms with Crippen LogP contribution in [-0.2, 0) is 4.79 Å². The van der Waals surface area contributed by atoms with Gasteiger partial charge in [-0.05, 0) is 31.7 Å². The lowest BCUT2D eigenvalue weighted by Crippen LogP contribution is -2.44. The summed E-state index contributed by atoms with van der Waals surface area (Å²) in [5, 5.41) is 3.47. The van der Waals surface area contributed by atoms with Crippen molar-refractivity contribution in [2.45, 2.75) is 44.1 Å². The summed E-state index contributed by atoms with van der Waals surface area (Å²) in [5.41, 5.74) is 0.657. The summed E-state index contributed by atoms with van der Waals surface area (Å²) in [6, 6.07) is 1.78. The Kier molecular flexibility index (Phi) is 4.01. The molecule has 2 aliphatic heterocycles. The zero-order valence-corrected chi connectivity index (χ0v) is 14.6. The van der Waals surface area contributed by atoms with Crippen molar-refractivity contribution in [3.8, 4) is 5.75 Å². The highest BCUT2D eigenvalue weighted by atomic mass is 16.5. The number of ether oxygens (including phenoxy) is 1. The molecule has 2 amide bonds. The van der Waals surface area contributed by atoms with Gasteiger partial charge >= 0.3 is 0 Å². The molecule has 1 spiro atoms. The maximum absolute atomic E-state index is 12.9. The standard InChI is InChI=1S/C18H24N4O3/c1-21-12-22(8-3-2-4-15(21)23)17(24)13-10-14-16(19-11-13)20-18(5-6-18)7-9-25-14/h10-11H,2-9,12H2,1H3,(H,19,20). The maximum atomic E-state index is 12.9. The number of carbonyl (C=O) groups is 2. The Bertz CT molecular complexity index is 702. The van der Waals surface area contributed by atoms with Gasteiger partial charge in [0.25, 0.3) is 5.91 Å². The third-order valence-electron chi connectivity index (χ3n) is 5.34. The average Bonchev–Trinajstić information content (AvgIpc) is 3.39. The Hall–Kier alpha value is -2.31. The van der Waals surface area contributed by atoms with Crippen LogP contribution in [0.3, 0.4) is 0 Å². The highest BCUT2D eigenvalue weighted by molar-refractivity contribution is 5.95. The highest BCUT2D eigenvalue weighted by Crippen LogP contribution is 2.45. The van der Waals surface area contributed by atoms with Gasteiger partial charge in [0.05, 0.1) is 18.8 Å². The molecule has 0 atom stereocenters. The summed E-state index contributed by atoms with van der Waals surface area (Å²) in [4.78, 5) is 32.6. The van der Waals surface area contributed by atoms with E-state index in [0.717, 1.165) is 37.9 Å². The van der Waals surface area contributed by atoms with Gasteiger partial charge in [0.1, 0.15) is 0 Å². The van der Waals surface area contributed by atoms with Gasteiger partial charge < -0.3 is 19.9 Å². The van der Waals surface area contributed by atoms with Crippen LogP contribution in [0.2, 0.25) is 0 Å². The zero-order valence-electron chi connectivity index (χ0n) is 14.6. The average molecular weight is 344 g/mol. The van der Waals surface area contributed by atoms with Crippen molar-refractivity contribution >= 4 is 17.6 Å². The second kappa shape index (κ2) is 6.20. The van der Waals surface area contributed by atoms with E-state index >= 15 is 0 Å². The largest absolute Gasteiger partial charge is 0.490 e. The first kappa shape index (κ1) is 16.2. The number of rotatable bonds is 1. The van der Waals surface area contributed by atoms with Crippen LogP contribution in [0.25, 0.3) is 0 Å². The van der Waals surface area contributed by atoms with E-state index in [2.05, 4.69) is 10.3 Å². The first-order valence-electron chi connectivity index (χ1n) is 9.01. The lowest BCUT2D eigenvalue weighted by atomic mass is 10.1. The van der Waals surface area contributed by atoms with Crippen LogP contribution in [0.4, 0.5) is 5.82 Å². The van der Waals surface area contributed by atoms with E-state index in [-0.39, 0.29) is 17.4 Å². The Morgan fingerprint density at radius 1 is 1.32 bits per heavy atom. The topological polar surface area (TPSA) is 74.8 Å². The number of hydrogen-bond donors (Lipinski definition) is 1. The number of anilines is 1. The van der Waals surface area contributed by atoms with Crippen molar-refractivity contribution in [3.05, 3.63) is 17.8 Å². The minimum absolute atomic E-state index is 0.0832. The molecule has 1 aromatic heterocycles. The minimum Gasteiger partial charge on any atom is -0.490 e. The molecule has 2 fully saturated rings. The van der Waals surface area contributed by atoms with Gasteiger partial charge in [-0.3, -0.25) is 9.59 Å². The molecule has 3 heterocycles. The minimum atomic E-state index is -0.106. The number of amides is 2. The molecule has 0 aromatic carbocycles. The predicted molar refractivity (Wildman–Crippen MR) is 92.5 cm³/mol. The van der Waals surface area contributed by atoms with E-state index in [1.165, 1.54) is 0 Å². The lowest BCUT2D eigenvalue weighted by molar-refractivity contribution is -0.132. The van der Waals surface area contributed by atoms with Crippen LogP contribution in [0.15, 0.2) is 12.3 Å². The van der Waals surface area contributed by atoms with Crippen molar-refractivity contribution in [1.82, 2.24) is 14.8 Å². The van der Waals surface area contributed by atoms with Crippen LogP contribution in [-0.4, -0.2) is 59.0 Å². The quantitative estimate of drug-likeness (QED) is 0.841. The van der Waals surface area contributed by atoms with Crippen LogP contribution in [0, 0.1) is 0 Å². The summed E-state index contributed by atoms with van der Waals surface area (Å²) in [7, 11) is 1.74. The van der Waals surface area contributed by atoms with Gasteiger partial charge in [0.2, 0.25) is 5.91 Å². The highest BCUT2D eigenvalue weighted by Gasteiger charge is 2.44. The third-order valence-corrected chi connectivity index (χ3v) is 5.34. The first-order valence-corrected chi connectivity index (χ1v) is 9.01. The Labute approximate surface area is 147 Å². The molecule has 0 unspecified atom stereocenters. The number of nitrogens with one attached hydrogen (secondary N) is 1. The summed E-state index contributed by atoms with van der Waals surface area (Å²) >= 11 is 0. The lowest BCUT2D eigenvalue weighted by Gasteiger charge is -2.30. The number of carbonyl (C=O) groups excluding carboxylic acids is 2. The molecule has 1 aromatic rings. The molecule has 0 bridgehead atoms. The molecule has 1 N–H and O–H groups in total. The molecule has 134 valence electrons. The molecule has 1 aliphatic carbocycles. The number of hydrogen-bond acceptors (Lipinski definition) is 5. The van der Waals surface area contributed by atoms with Gasteiger partial charge in [-0.15, -0.1) is 0 Å². The van der Waals surface area contributed by atoms with Gasteiger partial charge in [-0.25, -0.2) is 4.98 Å². The molecule has 0 radical (unpaired) electrons. The second-order valence-corrected chi connectivity index (χ2v) is 7.33. The number of nitrogens with zero attached hydrogens (tertiary/aromatic N) is 3. The fourth-order valence-electron chi connectivity index (χ4n) is 3.49. The monoisotopic (exact) mass is 344 g/mol. The van der Waals surface area contributed by atoms with Crippen LogP contribution < -0.4 is 10.1 Å². The summed E-state index contributed by atoms with van der Waals surface area (Å²) in [6.07, 6.45) is 7.07. The summed E-state index contributed by atoms with van der Waals surface area (Å²) < 4.78 is 5.82. The van der Waals surface area contributed by atoms with Crippen LogP contribution in [0.5, 0.6) is 5.75 Å². The van der Waals surface area contributed by atoms with E-state index < -0.39 is 0 Å². The van der Waals surface area contributed by atoms with E-state index in [1.54, 1.807) is 29.1 Å². The molecule has 25 heavy (non-hydrogen) atoms. The van der Waals surface area contributed by atoms with Gasteiger partial charge in [-0.1, -0.05) is 0 Å². The molecule has 4 rings (SSSR count). The fraction of sp³-hybridized carbons (Fsp3) is 0.611. The van der Waals surface area contributed by atoms with Gasteiger partial charge in [0.15, 0.2) is 11.6 Å². The van der Waals surface area contributed by atoms with E-state index in [9.17, 15) is 9.59 Å². The molecule has 1 saturated heterocycles. The fourth-order valence-corrected chi connectivity index (χ4v) is 3.49. The number of fused-ring (bicyclic) bond motifs is 1. The molecular weight excluding hydrogens is 320 g/mol. The van der Waals surface area contributed by atoms with E-state index in [4.69, 9.17) is 4.74 Å². The maximum Gasteiger partial charge on any atom is 0.256 e. The SMILES string of the molecule is CN1CN(C(=O)c2cnc3c(c2)OCCC2(CC2)N3)CCCCC1=O. The normalized spacial score (nSPS) is 22.2. The van der Waals surface area contributed by atoms with Crippen molar-refractivity contribution in [3.63, 3.8) is 0 Å². The van der Waals surface area contributed by atoms with Gasteiger partial charge in [-0.2, -0.15) is 0 Å². The Balaban J connectivity index is 1.53. The Morgan fingerprint density at radius 3 is 2.96 bits per heavy atom. The Morgan fingerprint density at radius 2 is 2.16 bits per heavy atom. The van der Waals surface area contributed by atoms with Crippen molar-refractivity contribution in [1.29, 1.82) is 0 Å². The van der Waals surface area contributed by atoms with Crippen molar-refractivity contribution < 1.29 is 14.3 Å². The molecule has 3 aliphatic rings. The molecule has 7 heteroatoms. The smallest absolute Gasteiger partial charge is 0.256 e. The summed E-state index contributed by atoms with van der Waals surface area (Å²) in [5.74, 6) is 1.35. The van der Waals surface area contributed by atoms with E-state index in [0.29, 0.717) is 37.6 Å². The summed E-state index contributed by atoms with van der Waals surface area (Å²) in [6.45, 7) is 1.60. The second-order valence-electron chi connectivity index (χ2n) is 7.33. The van der Waals surface area contributed by atoms with Crippen molar-refractivity contribution in [2.24, 2.45) is 0 Å². The number of aromatic nitrogens is 1. The molecule has 7 nitrogen and oxygen atoms in total. The zero-order chi connectivity index (χ0) is 17.4. The third kappa shape index (κ3) is 3.27. The molecule has 1 saturated carbocycles. The first-order chi connectivity index (χ1) is 12.1. The van der Waals surface area contributed by atoms with Gasteiger partial charge in [0, 0.05) is 38.2 Å². The van der Waals surface area contributed by atoms with Crippen LogP contribution >= 0.6 is 0 Å². The van der Waals surface area contributed by atoms with Crippen molar-refractivity contribution in [2.75, 3.05) is 32.2 Å².